The minimum Gasteiger partial charge on any atom is -0.480 e. The summed E-state index contributed by atoms with van der Waals surface area (Å²) in [5.74, 6) is -1.10. The predicted octanol–water partition coefficient (Wildman–Crippen LogP) is 0.840. The average molecular weight is 292 g/mol. The highest BCUT2D eigenvalue weighted by molar-refractivity contribution is 5.82. The molecule has 0 aliphatic heterocycles. The third-order valence-electron chi connectivity index (χ3n) is 2.92. The first-order valence-corrected chi connectivity index (χ1v) is 6.29. The van der Waals surface area contributed by atoms with Crippen LogP contribution in [0.1, 0.15) is 11.3 Å². The molecule has 112 valence electrons. The second-order valence-corrected chi connectivity index (χ2v) is 4.61. The number of hydrogen-bond acceptors (Lipinski definition) is 4. The van der Waals surface area contributed by atoms with Gasteiger partial charge in [0.05, 0.1) is 25.4 Å². The fourth-order valence-corrected chi connectivity index (χ4v) is 1.80. The summed E-state index contributed by atoms with van der Waals surface area (Å²) in [6, 6.07) is 0.246. The SMILES string of the molecule is CN(Cc1ccoc1)C(=O)NC(Cc1cnc[nH]1)C(=O)O. The fourth-order valence-electron chi connectivity index (χ4n) is 1.80. The first kappa shape index (κ1) is 14.6. The van der Waals surface area contributed by atoms with Crippen molar-refractivity contribution in [1.29, 1.82) is 0 Å². The van der Waals surface area contributed by atoms with E-state index in [9.17, 15) is 14.7 Å². The Labute approximate surface area is 120 Å². The van der Waals surface area contributed by atoms with Gasteiger partial charge in [0.2, 0.25) is 0 Å². The van der Waals surface area contributed by atoms with Crippen LogP contribution in [0.25, 0.3) is 0 Å². The van der Waals surface area contributed by atoms with Crippen LogP contribution in [0, 0.1) is 0 Å². The van der Waals surface area contributed by atoms with Crippen molar-refractivity contribution in [3.05, 3.63) is 42.4 Å². The van der Waals surface area contributed by atoms with Crippen molar-refractivity contribution < 1.29 is 19.1 Å². The summed E-state index contributed by atoms with van der Waals surface area (Å²) in [7, 11) is 1.58. The van der Waals surface area contributed by atoms with Crippen molar-refractivity contribution in [3.8, 4) is 0 Å². The Morgan fingerprint density at radius 3 is 2.95 bits per heavy atom. The van der Waals surface area contributed by atoms with Crippen LogP contribution >= 0.6 is 0 Å². The van der Waals surface area contributed by atoms with Crippen LogP contribution in [0.4, 0.5) is 4.79 Å². The molecule has 0 spiro atoms. The number of carboxylic acid groups (broad SMARTS) is 1. The minimum atomic E-state index is -1.10. The van der Waals surface area contributed by atoms with Gasteiger partial charge in [-0.25, -0.2) is 14.6 Å². The number of aliphatic carboxylic acids is 1. The Morgan fingerprint density at radius 2 is 2.38 bits per heavy atom. The standard InChI is InChI=1S/C13H16N4O4/c1-17(6-9-2-3-21-7-9)13(20)16-11(12(18)19)4-10-5-14-8-15-10/h2-3,5,7-8,11H,4,6H2,1H3,(H,14,15)(H,16,20)(H,18,19). The van der Waals surface area contributed by atoms with Crippen molar-refractivity contribution in [2.24, 2.45) is 0 Å². The molecule has 0 aliphatic carbocycles. The summed E-state index contributed by atoms with van der Waals surface area (Å²) >= 11 is 0. The molecule has 0 bridgehead atoms. The van der Waals surface area contributed by atoms with Gasteiger partial charge in [-0.2, -0.15) is 0 Å². The maximum Gasteiger partial charge on any atom is 0.326 e. The Hall–Kier alpha value is -2.77. The molecule has 3 N–H and O–H groups in total. The highest BCUT2D eigenvalue weighted by Crippen LogP contribution is 2.05. The number of carbonyl (C=O) groups excluding carboxylic acids is 1. The third kappa shape index (κ3) is 4.10. The smallest absolute Gasteiger partial charge is 0.326 e. The fraction of sp³-hybridized carbons (Fsp3) is 0.308. The molecular formula is C13H16N4O4. The number of amides is 2. The summed E-state index contributed by atoms with van der Waals surface area (Å²) in [6.45, 7) is 0.332. The molecule has 21 heavy (non-hydrogen) atoms. The van der Waals surface area contributed by atoms with Crippen LogP contribution in [0.3, 0.4) is 0 Å². The van der Waals surface area contributed by atoms with Gasteiger partial charge < -0.3 is 24.7 Å². The number of imidazole rings is 1. The van der Waals surface area contributed by atoms with Crippen LogP contribution in [0.5, 0.6) is 0 Å². The lowest BCUT2D eigenvalue weighted by atomic mass is 10.1. The summed E-state index contributed by atoms with van der Waals surface area (Å²) in [6.07, 6.45) is 6.17. The largest absolute Gasteiger partial charge is 0.480 e. The molecule has 0 aliphatic rings. The number of aromatic nitrogens is 2. The molecule has 0 radical (unpaired) electrons. The molecule has 1 unspecified atom stereocenters. The van der Waals surface area contributed by atoms with Gasteiger partial charge in [-0.3, -0.25) is 0 Å². The van der Waals surface area contributed by atoms with E-state index in [1.807, 2.05) is 0 Å². The van der Waals surface area contributed by atoms with Gasteiger partial charge in [0.25, 0.3) is 0 Å². The number of hydrogen-bond donors (Lipinski definition) is 3. The van der Waals surface area contributed by atoms with Crippen molar-refractivity contribution in [1.82, 2.24) is 20.2 Å². The monoisotopic (exact) mass is 292 g/mol. The number of rotatable bonds is 6. The van der Waals surface area contributed by atoms with Crippen LogP contribution in [-0.2, 0) is 17.8 Å². The van der Waals surface area contributed by atoms with Gasteiger partial charge in [0, 0.05) is 30.9 Å². The lowest BCUT2D eigenvalue weighted by molar-refractivity contribution is -0.139. The van der Waals surface area contributed by atoms with Gasteiger partial charge in [0.15, 0.2) is 0 Å². The molecule has 2 amide bonds. The summed E-state index contributed by atoms with van der Waals surface area (Å²) < 4.78 is 4.92. The van der Waals surface area contributed by atoms with Gasteiger partial charge in [-0.05, 0) is 6.07 Å². The highest BCUT2D eigenvalue weighted by Gasteiger charge is 2.22. The van der Waals surface area contributed by atoms with E-state index >= 15 is 0 Å². The molecule has 0 aromatic carbocycles. The molecule has 0 saturated carbocycles. The van der Waals surface area contributed by atoms with E-state index in [1.54, 1.807) is 13.1 Å². The lowest BCUT2D eigenvalue weighted by Crippen LogP contribution is -2.47. The molecule has 8 nitrogen and oxygen atoms in total. The normalized spacial score (nSPS) is 11.9. The lowest BCUT2D eigenvalue weighted by Gasteiger charge is -2.20. The van der Waals surface area contributed by atoms with E-state index in [2.05, 4.69) is 15.3 Å². The number of H-pyrrole nitrogens is 1. The number of furan rings is 1. The van der Waals surface area contributed by atoms with E-state index < -0.39 is 18.0 Å². The second kappa shape index (κ2) is 6.60. The average Bonchev–Trinajstić information content (AvgIpc) is 3.10. The highest BCUT2D eigenvalue weighted by atomic mass is 16.4. The van der Waals surface area contributed by atoms with Crippen molar-refractivity contribution in [3.63, 3.8) is 0 Å². The molecule has 2 rings (SSSR count). The Kier molecular flexibility index (Phi) is 4.60. The molecule has 1 atom stereocenters. The number of nitrogens with one attached hydrogen (secondary N) is 2. The third-order valence-corrected chi connectivity index (χ3v) is 2.92. The van der Waals surface area contributed by atoms with Gasteiger partial charge >= 0.3 is 12.0 Å². The Bertz CT molecular complexity index is 579. The topological polar surface area (TPSA) is 111 Å². The first-order valence-electron chi connectivity index (χ1n) is 6.29. The molecular weight excluding hydrogens is 276 g/mol. The molecule has 2 aromatic rings. The first-order chi connectivity index (χ1) is 10.1. The number of urea groups is 1. The van der Waals surface area contributed by atoms with Crippen LogP contribution < -0.4 is 5.32 Å². The van der Waals surface area contributed by atoms with Crippen molar-refractivity contribution in [2.45, 2.75) is 19.0 Å². The van der Waals surface area contributed by atoms with E-state index in [0.29, 0.717) is 12.2 Å². The molecule has 2 heterocycles. The molecule has 0 saturated heterocycles. The van der Waals surface area contributed by atoms with E-state index in [1.165, 1.54) is 30.0 Å². The zero-order valence-electron chi connectivity index (χ0n) is 11.4. The van der Waals surface area contributed by atoms with E-state index in [0.717, 1.165) is 5.56 Å². The Morgan fingerprint density at radius 1 is 1.57 bits per heavy atom. The van der Waals surface area contributed by atoms with Gasteiger partial charge in [0.1, 0.15) is 6.04 Å². The summed E-state index contributed by atoms with van der Waals surface area (Å²) in [5, 5.41) is 11.7. The predicted molar refractivity (Wildman–Crippen MR) is 72.4 cm³/mol. The van der Waals surface area contributed by atoms with Gasteiger partial charge in [-0.1, -0.05) is 0 Å². The number of aromatic amines is 1. The molecule has 0 fully saturated rings. The van der Waals surface area contributed by atoms with Crippen LogP contribution in [-0.4, -0.2) is 45.1 Å². The van der Waals surface area contributed by atoms with Crippen molar-refractivity contribution >= 4 is 12.0 Å². The van der Waals surface area contributed by atoms with Crippen LogP contribution in [0.2, 0.25) is 0 Å². The second-order valence-electron chi connectivity index (χ2n) is 4.61. The zero-order chi connectivity index (χ0) is 15.2. The van der Waals surface area contributed by atoms with Crippen molar-refractivity contribution in [2.75, 3.05) is 7.05 Å². The quantitative estimate of drug-likeness (QED) is 0.730. The molecule has 8 heteroatoms. The maximum atomic E-state index is 12.0. The van der Waals surface area contributed by atoms with Gasteiger partial charge in [-0.15, -0.1) is 0 Å². The minimum absolute atomic E-state index is 0.140. The van der Waals surface area contributed by atoms with Crippen LogP contribution in [0.15, 0.2) is 35.5 Å². The maximum absolute atomic E-state index is 12.0. The summed E-state index contributed by atoms with van der Waals surface area (Å²) in [5.41, 5.74) is 1.47. The van der Waals surface area contributed by atoms with E-state index in [4.69, 9.17) is 4.42 Å². The Balaban J connectivity index is 1.92. The number of nitrogens with zero attached hydrogens (tertiary/aromatic N) is 2. The zero-order valence-corrected chi connectivity index (χ0v) is 11.4. The number of carbonyl (C=O) groups is 2. The van der Waals surface area contributed by atoms with E-state index in [-0.39, 0.29) is 6.42 Å². The number of carboxylic acids is 1. The molecule has 2 aromatic heterocycles. The summed E-state index contributed by atoms with van der Waals surface area (Å²) in [4.78, 5) is 31.2.